The monoisotopic (exact) mass is 262 g/mol. The van der Waals surface area contributed by atoms with Crippen molar-refractivity contribution in [2.45, 2.75) is 19.4 Å². The van der Waals surface area contributed by atoms with Crippen LogP contribution in [-0.4, -0.2) is 4.98 Å². The lowest BCUT2D eigenvalue weighted by Gasteiger charge is -2.12. The van der Waals surface area contributed by atoms with Crippen LogP contribution < -0.4 is 5.73 Å². The van der Waals surface area contributed by atoms with Crippen molar-refractivity contribution in [1.82, 2.24) is 4.98 Å². The van der Waals surface area contributed by atoms with Gasteiger partial charge in [-0.05, 0) is 29.7 Å². The Labute approximate surface area is 119 Å². The molecular weight excluding hydrogens is 244 g/mol. The topological polar surface area (TPSA) is 38.9 Å². The average molecular weight is 262 g/mol. The van der Waals surface area contributed by atoms with E-state index in [9.17, 15) is 0 Å². The fourth-order valence-corrected chi connectivity index (χ4v) is 2.51. The van der Waals surface area contributed by atoms with Crippen LogP contribution in [0.5, 0.6) is 0 Å². The SMILES string of the molecule is CCC(N)c1cccc(-c2cccc3cccnc23)c1. The molecule has 0 amide bonds. The molecule has 0 radical (unpaired) electrons. The molecule has 20 heavy (non-hydrogen) atoms. The van der Waals surface area contributed by atoms with Crippen molar-refractivity contribution in [1.29, 1.82) is 0 Å². The molecule has 0 aliphatic carbocycles. The van der Waals surface area contributed by atoms with Crippen LogP contribution in [0.1, 0.15) is 24.9 Å². The predicted octanol–water partition coefficient (Wildman–Crippen LogP) is 4.31. The highest BCUT2D eigenvalue weighted by Gasteiger charge is 2.08. The van der Waals surface area contributed by atoms with E-state index >= 15 is 0 Å². The number of fused-ring (bicyclic) bond motifs is 1. The molecule has 2 heteroatoms. The minimum absolute atomic E-state index is 0.0953. The number of aromatic nitrogens is 1. The smallest absolute Gasteiger partial charge is 0.0780 e. The van der Waals surface area contributed by atoms with E-state index in [2.05, 4.69) is 60.4 Å². The summed E-state index contributed by atoms with van der Waals surface area (Å²) in [6.07, 6.45) is 2.78. The summed E-state index contributed by atoms with van der Waals surface area (Å²) < 4.78 is 0. The number of pyridine rings is 1. The predicted molar refractivity (Wildman–Crippen MR) is 84.4 cm³/mol. The highest BCUT2D eigenvalue weighted by atomic mass is 14.6. The van der Waals surface area contributed by atoms with Gasteiger partial charge < -0.3 is 5.73 Å². The number of rotatable bonds is 3. The number of hydrogen-bond donors (Lipinski definition) is 1. The second kappa shape index (κ2) is 5.43. The number of benzene rings is 2. The summed E-state index contributed by atoms with van der Waals surface area (Å²) >= 11 is 0. The van der Waals surface area contributed by atoms with Gasteiger partial charge >= 0.3 is 0 Å². The Bertz CT molecular complexity index is 729. The summed E-state index contributed by atoms with van der Waals surface area (Å²) in [6.45, 7) is 2.11. The molecule has 3 rings (SSSR count). The molecule has 0 saturated heterocycles. The van der Waals surface area contributed by atoms with E-state index in [1.165, 1.54) is 11.1 Å². The second-order valence-electron chi connectivity index (χ2n) is 5.02. The van der Waals surface area contributed by atoms with Gasteiger partial charge in [-0.2, -0.15) is 0 Å². The molecule has 2 aromatic carbocycles. The highest BCUT2D eigenvalue weighted by Crippen LogP contribution is 2.28. The number of nitrogens with two attached hydrogens (primary N) is 1. The van der Waals surface area contributed by atoms with Crippen molar-refractivity contribution in [2.24, 2.45) is 5.73 Å². The first kappa shape index (κ1) is 12.8. The molecule has 1 atom stereocenters. The van der Waals surface area contributed by atoms with Crippen molar-refractivity contribution < 1.29 is 0 Å². The normalized spacial score (nSPS) is 12.5. The van der Waals surface area contributed by atoms with Gasteiger partial charge in [0.25, 0.3) is 0 Å². The van der Waals surface area contributed by atoms with Crippen LogP contribution in [0.4, 0.5) is 0 Å². The molecule has 100 valence electrons. The summed E-state index contributed by atoms with van der Waals surface area (Å²) in [5.74, 6) is 0. The maximum Gasteiger partial charge on any atom is 0.0780 e. The summed E-state index contributed by atoms with van der Waals surface area (Å²) in [5.41, 5.74) is 10.7. The lowest BCUT2D eigenvalue weighted by Crippen LogP contribution is -2.08. The van der Waals surface area contributed by atoms with Gasteiger partial charge in [0.15, 0.2) is 0 Å². The standard InChI is InChI=1S/C18H18N2/c1-2-17(19)15-8-3-7-14(12-15)16-10-4-6-13-9-5-11-20-18(13)16/h3-12,17H,2,19H2,1H3. The van der Waals surface area contributed by atoms with Crippen LogP contribution in [0.2, 0.25) is 0 Å². The van der Waals surface area contributed by atoms with Crippen molar-refractivity contribution in [3.05, 3.63) is 66.4 Å². The number of para-hydroxylation sites is 1. The molecule has 0 spiro atoms. The summed E-state index contributed by atoms with van der Waals surface area (Å²) in [6, 6.07) is 18.9. The van der Waals surface area contributed by atoms with Crippen LogP contribution in [-0.2, 0) is 0 Å². The van der Waals surface area contributed by atoms with Crippen molar-refractivity contribution in [3.63, 3.8) is 0 Å². The first-order valence-corrected chi connectivity index (χ1v) is 6.99. The van der Waals surface area contributed by atoms with E-state index in [0.717, 1.165) is 22.9 Å². The zero-order chi connectivity index (χ0) is 13.9. The van der Waals surface area contributed by atoms with Crippen LogP contribution >= 0.6 is 0 Å². The quantitative estimate of drug-likeness (QED) is 0.763. The van der Waals surface area contributed by atoms with Crippen LogP contribution in [0.3, 0.4) is 0 Å². The Morgan fingerprint density at radius 2 is 1.85 bits per heavy atom. The van der Waals surface area contributed by atoms with Gasteiger partial charge in [-0.15, -0.1) is 0 Å². The Hall–Kier alpha value is -2.19. The minimum Gasteiger partial charge on any atom is -0.324 e. The van der Waals surface area contributed by atoms with Gasteiger partial charge in [0.2, 0.25) is 0 Å². The Balaban J connectivity index is 2.16. The maximum absolute atomic E-state index is 6.14. The second-order valence-corrected chi connectivity index (χ2v) is 5.02. The molecule has 0 fully saturated rings. The van der Waals surface area contributed by atoms with Gasteiger partial charge in [-0.25, -0.2) is 0 Å². The molecule has 1 heterocycles. The first-order valence-electron chi connectivity index (χ1n) is 6.99. The molecule has 0 bridgehead atoms. The third kappa shape index (κ3) is 2.30. The lowest BCUT2D eigenvalue weighted by molar-refractivity contribution is 0.699. The van der Waals surface area contributed by atoms with Gasteiger partial charge in [0, 0.05) is 23.2 Å². The summed E-state index contributed by atoms with van der Waals surface area (Å²) in [4.78, 5) is 4.52. The van der Waals surface area contributed by atoms with E-state index in [-0.39, 0.29) is 6.04 Å². The Morgan fingerprint density at radius 3 is 2.70 bits per heavy atom. The molecule has 2 N–H and O–H groups in total. The van der Waals surface area contributed by atoms with Crippen molar-refractivity contribution in [2.75, 3.05) is 0 Å². The molecular formula is C18H18N2. The van der Waals surface area contributed by atoms with E-state index in [0.29, 0.717) is 0 Å². The number of hydrogen-bond acceptors (Lipinski definition) is 2. The van der Waals surface area contributed by atoms with Gasteiger partial charge in [0.05, 0.1) is 5.52 Å². The van der Waals surface area contributed by atoms with Crippen LogP contribution in [0.15, 0.2) is 60.8 Å². The Kier molecular flexibility index (Phi) is 3.48. The highest BCUT2D eigenvalue weighted by molar-refractivity contribution is 5.93. The molecule has 2 nitrogen and oxygen atoms in total. The summed E-state index contributed by atoms with van der Waals surface area (Å²) in [5, 5.41) is 1.16. The zero-order valence-electron chi connectivity index (χ0n) is 11.6. The van der Waals surface area contributed by atoms with E-state index in [4.69, 9.17) is 5.73 Å². The maximum atomic E-state index is 6.14. The minimum atomic E-state index is 0.0953. The van der Waals surface area contributed by atoms with Gasteiger partial charge in [0.1, 0.15) is 0 Å². The molecule has 1 aromatic heterocycles. The fraction of sp³-hybridized carbons (Fsp3) is 0.167. The van der Waals surface area contributed by atoms with Crippen LogP contribution in [0.25, 0.3) is 22.0 Å². The molecule has 3 aromatic rings. The van der Waals surface area contributed by atoms with Gasteiger partial charge in [-0.1, -0.05) is 49.4 Å². The summed E-state index contributed by atoms with van der Waals surface area (Å²) in [7, 11) is 0. The molecule has 1 unspecified atom stereocenters. The molecule has 0 aliphatic rings. The van der Waals surface area contributed by atoms with Crippen molar-refractivity contribution in [3.8, 4) is 11.1 Å². The fourth-order valence-electron chi connectivity index (χ4n) is 2.51. The van der Waals surface area contributed by atoms with E-state index < -0.39 is 0 Å². The largest absolute Gasteiger partial charge is 0.324 e. The van der Waals surface area contributed by atoms with Gasteiger partial charge in [-0.3, -0.25) is 4.98 Å². The van der Waals surface area contributed by atoms with Crippen LogP contribution in [0, 0.1) is 0 Å². The third-order valence-corrected chi connectivity index (χ3v) is 3.70. The number of nitrogens with zero attached hydrogens (tertiary/aromatic N) is 1. The van der Waals surface area contributed by atoms with E-state index in [1.54, 1.807) is 0 Å². The lowest BCUT2D eigenvalue weighted by atomic mass is 9.97. The van der Waals surface area contributed by atoms with Crippen molar-refractivity contribution >= 4 is 10.9 Å². The third-order valence-electron chi connectivity index (χ3n) is 3.70. The first-order chi connectivity index (χ1) is 9.79. The molecule has 0 saturated carbocycles. The average Bonchev–Trinajstić information content (AvgIpc) is 2.53. The van der Waals surface area contributed by atoms with E-state index in [1.807, 2.05) is 12.3 Å². The molecule has 0 aliphatic heterocycles. The zero-order valence-corrected chi connectivity index (χ0v) is 11.6. The Morgan fingerprint density at radius 1 is 1.05 bits per heavy atom.